The van der Waals surface area contributed by atoms with Crippen LogP contribution in [0.4, 0.5) is 0 Å². The molecule has 2 unspecified atom stereocenters. The molecule has 4 aromatic rings. The zero-order valence-electron chi connectivity index (χ0n) is 18.2. The Labute approximate surface area is 181 Å². The predicted molar refractivity (Wildman–Crippen MR) is 118 cm³/mol. The molecule has 5 nitrogen and oxygen atoms in total. The summed E-state index contributed by atoms with van der Waals surface area (Å²) in [6, 6.07) is 13.8. The van der Waals surface area contributed by atoms with Crippen LogP contribution in [0.25, 0.3) is 11.0 Å². The van der Waals surface area contributed by atoms with Crippen molar-refractivity contribution < 1.29 is 18.0 Å². The van der Waals surface area contributed by atoms with Crippen LogP contribution >= 0.6 is 0 Å². The Kier molecular flexibility index (Phi) is 4.97. The van der Waals surface area contributed by atoms with E-state index in [4.69, 9.17) is 13.3 Å². The minimum absolute atomic E-state index is 0.166. The molecule has 0 radical (unpaired) electrons. The molecule has 3 aromatic heterocycles. The van der Waals surface area contributed by atoms with E-state index in [-0.39, 0.29) is 5.91 Å². The minimum Gasteiger partial charge on any atom is -0.467 e. The first kappa shape index (κ1) is 19.7. The van der Waals surface area contributed by atoms with Crippen molar-refractivity contribution in [1.29, 1.82) is 0 Å². The van der Waals surface area contributed by atoms with Crippen LogP contribution in [0.3, 0.4) is 0 Å². The quantitative estimate of drug-likeness (QED) is 0.346. The van der Waals surface area contributed by atoms with Gasteiger partial charge >= 0.3 is 0 Å². The molecule has 5 rings (SSSR count). The number of hydrogen-bond acceptors (Lipinski definition) is 4. The second-order valence-electron chi connectivity index (χ2n) is 8.60. The molecule has 3 heterocycles. The van der Waals surface area contributed by atoms with Gasteiger partial charge in [0.2, 0.25) is 0 Å². The van der Waals surface area contributed by atoms with E-state index in [9.17, 15) is 4.79 Å². The number of fused-ring (bicyclic) bond motifs is 1. The maximum atomic E-state index is 13.6. The van der Waals surface area contributed by atoms with Gasteiger partial charge in [0, 0.05) is 16.9 Å². The molecule has 31 heavy (non-hydrogen) atoms. The smallest absolute Gasteiger partial charge is 0.290 e. The number of benzene rings is 1. The maximum absolute atomic E-state index is 13.6. The third-order valence-corrected chi connectivity index (χ3v) is 6.32. The van der Waals surface area contributed by atoms with E-state index in [1.165, 1.54) is 12.0 Å². The van der Waals surface area contributed by atoms with Crippen molar-refractivity contribution in [2.24, 2.45) is 5.92 Å². The zero-order chi connectivity index (χ0) is 21.5. The Balaban J connectivity index is 1.45. The van der Waals surface area contributed by atoms with E-state index in [1.807, 2.05) is 43.3 Å². The molecular formula is C26H27NO4. The van der Waals surface area contributed by atoms with Crippen molar-refractivity contribution in [3.8, 4) is 0 Å². The van der Waals surface area contributed by atoms with Crippen LogP contribution in [-0.2, 0) is 19.5 Å². The summed E-state index contributed by atoms with van der Waals surface area (Å²) in [4.78, 5) is 15.3. The third-order valence-electron chi connectivity index (χ3n) is 6.32. The zero-order valence-corrected chi connectivity index (χ0v) is 18.2. The summed E-state index contributed by atoms with van der Waals surface area (Å²) in [5.74, 6) is 3.90. The topological polar surface area (TPSA) is 59.7 Å². The predicted octanol–water partition coefficient (Wildman–Crippen LogP) is 6.46. The minimum atomic E-state index is -0.166. The molecular weight excluding hydrogens is 390 g/mol. The summed E-state index contributed by atoms with van der Waals surface area (Å²) in [7, 11) is 0. The summed E-state index contributed by atoms with van der Waals surface area (Å²) in [6.07, 6.45) is 3.73. The molecule has 1 aliphatic rings. The van der Waals surface area contributed by atoms with Crippen molar-refractivity contribution in [3.05, 3.63) is 82.9 Å². The lowest BCUT2D eigenvalue weighted by molar-refractivity contribution is 0.0673. The summed E-state index contributed by atoms with van der Waals surface area (Å²) < 4.78 is 17.6. The van der Waals surface area contributed by atoms with Crippen molar-refractivity contribution >= 4 is 16.9 Å². The summed E-state index contributed by atoms with van der Waals surface area (Å²) in [6.45, 7) is 7.00. The highest BCUT2D eigenvalue weighted by atomic mass is 16.4. The molecule has 2 atom stereocenters. The third kappa shape index (κ3) is 3.80. The van der Waals surface area contributed by atoms with E-state index in [0.29, 0.717) is 30.7 Å². The van der Waals surface area contributed by atoms with Gasteiger partial charge in [-0.15, -0.1) is 0 Å². The van der Waals surface area contributed by atoms with Crippen molar-refractivity contribution in [2.75, 3.05) is 0 Å². The average Bonchev–Trinajstić information content (AvgIpc) is 3.18. The van der Waals surface area contributed by atoms with Gasteiger partial charge in [0.1, 0.15) is 22.9 Å². The fraction of sp³-hybridized carbons (Fsp3) is 0.346. The lowest BCUT2D eigenvalue weighted by Crippen LogP contribution is -2.30. The molecule has 1 amide bonds. The van der Waals surface area contributed by atoms with Gasteiger partial charge in [-0.1, -0.05) is 19.9 Å². The number of rotatable bonds is 7. The van der Waals surface area contributed by atoms with E-state index in [2.05, 4.69) is 19.9 Å². The summed E-state index contributed by atoms with van der Waals surface area (Å²) >= 11 is 0. The first-order chi connectivity index (χ1) is 15.0. The first-order valence-corrected chi connectivity index (χ1v) is 11.0. The Hall–Kier alpha value is -3.21. The van der Waals surface area contributed by atoms with Crippen LogP contribution in [-0.4, -0.2) is 10.8 Å². The molecule has 1 aromatic carbocycles. The maximum Gasteiger partial charge on any atom is 0.290 e. The molecule has 1 aliphatic carbocycles. The number of carbonyl (C=O) groups is 1. The SMILES string of the molecule is CCc1ccc2oc(C(=O)N(Cc3ccco3)Cc3ccc(C4CC4C)o3)c(C)c2c1. The van der Waals surface area contributed by atoms with Crippen molar-refractivity contribution in [3.63, 3.8) is 0 Å². The van der Waals surface area contributed by atoms with Gasteiger partial charge in [0.25, 0.3) is 5.91 Å². The lowest BCUT2D eigenvalue weighted by atomic mass is 10.1. The molecule has 0 N–H and O–H groups in total. The van der Waals surface area contributed by atoms with Crippen LogP contribution in [0.2, 0.25) is 0 Å². The van der Waals surface area contributed by atoms with Gasteiger partial charge in [0.05, 0.1) is 19.4 Å². The van der Waals surface area contributed by atoms with Crippen molar-refractivity contribution in [1.82, 2.24) is 4.90 Å². The fourth-order valence-electron chi connectivity index (χ4n) is 4.21. The van der Waals surface area contributed by atoms with Gasteiger partial charge in [-0.05, 0) is 67.6 Å². The molecule has 0 bridgehead atoms. The van der Waals surface area contributed by atoms with Crippen LogP contribution < -0.4 is 0 Å². The van der Waals surface area contributed by atoms with Gasteiger partial charge in [-0.3, -0.25) is 4.79 Å². The molecule has 1 fully saturated rings. The van der Waals surface area contributed by atoms with Crippen LogP contribution in [0.5, 0.6) is 0 Å². The molecule has 1 saturated carbocycles. The number of furan rings is 3. The lowest BCUT2D eigenvalue weighted by Gasteiger charge is -2.20. The Morgan fingerprint density at radius 3 is 2.61 bits per heavy atom. The number of carbonyl (C=O) groups excluding carboxylic acids is 1. The van der Waals surface area contributed by atoms with Crippen LogP contribution in [0, 0.1) is 12.8 Å². The van der Waals surface area contributed by atoms with E-state index >= 15 is 0 Å². The number of aryl methyl sites for hydroxylation is 2. The molecule has 0 aliphatic heterocycles. The highest BCUT2D eigenvalue weighted by molar-refractivity contribution is 5.99. The van der Waals surface area contributed by atoms with Gasteiger partial charge in [-0.2, -0.15) is 0 Å². The molecule has 0 saturated heterocycles. The van der Waals surface area contributed by atoms with Gasteiger partial charge < -0.3 is 18.2 Å². The van der Waals surface area contributed by atoms with Crippen LogP contribution in [0.1, 0.15) is 65.1 Å². The normalized spacial score (nSPS) is 17.9. The van der Waals surface area contributed by atoms with E-state index < -0.39 is 0 Å². The highest BCUT2D eigenvalue weighted by Gasteiger charge is 2.36. The van der Waals surface area contributed by atoms with Crippen LogP contribution in [0.15, 0.2) is 62.0 Å². The average molecular weight is 418 g/mol. The largest absolute Gasteiger partial charge is 0.467 e. The number of nitrogens with zero attached hydrogens (tertiary/aromatic N) is 1. The van der Waals surface area contributed by atoms with Gasteiger partial charge in [-0.25, -0.2) is 0 Å². The van der Waals surface area contributed by atoms with Crippen molar-refractivity contribution in [2.45, 2.75) is 52.6 Å². The Bertz CT molecular complexity index is 1210. The Morgan fingerprint density at radius 2 is 1.90 bits per heavy atom. The van der Waals surface area contributed by atoms with E-state index in [1.54, 1.807) is 11.2 Å². The Morgan fingerprint density at radius 1 is 1.10 bits per heavy atom. The standard InChI is InChI=1S/C26H27NO4/c1-4-18-7-9-24-22(13-18)17(3)25(31-24)26(28)27(14-19-6-5-11-29-19)15-20-8-10-23(30-20)21-12-16(21)2/h5-11,13,16,21H,4,12,14-15H2,1-3H3. The summed E-state index contributed by atoms with van der Waals surface area (Å²) in [5.41, 5.74) is 2.82. The highest BCUT2D eigenvalue weighted by Crippen LogP contribution is 2.47. The molecule has 0 spiro atoms. The van der Waals surface area contributed by atoms with Gasteiger partial charge in [0.15, 0.2) is 5.76 Å². The van der Waals surface area contributed by atoms with E-state index in [0.717, 1.165) is 40.2 Å². The number of amides is 1. The second kappa shape index (κ2) is 7.80. The first-order valence-electron chi connectivity index (χ1n) is 11.0. The second-order valence-corrected chi connectivity index (χ2v) is 8.60. The molecule has 160 valence electrons. The fourth-order valence-corrected chi connectivity index (χ4v) is 4.21. The summed E-state index contributed by atoms with van der Waals surface area (Å²) in [5, 5.41) is 0.989. The molecule has 5 heteroatoms. The monoisotopic (exact) mass is 417 g/mol. The number of hydrogen-bond donors (Lipinski definition) is 0.